The van der Waals surface area contributed by atoms with E-state index in [4.69, 9.17) is 9.47 Å². The van der Waals surface area contributed by atoms with E-state index in [-0.39, 0.29) is 25.0 Å². The van der Waals surface area contributed by atoms with Crippen molar-refractivity contribution in [3.05, 3.63) is 23.3 Å². The van der Waals surface area contributed by atoms with Gasteiger partial charge >= 0.3 is 5.97 Å². The van der Waals surface area contributed by atoms with Crippen LogP contribution in [0.4, 0.5) is 0 Å². The number of cyclic esters (lactones) is 1. The van der Waals surface area contributed by atoms with Gasteiger partial charge in [0, 0.05) is 25.2 Å². The molecule has 0 aliphatic carbocycles. The van der Waals surface area contributed by atoms with E-state index in [1.165, 1.54) is 0 Å². The molecule has 0 aromatic heterocycles. The molecule has 0 aromatic rings. The van der Waals surface area contributed by atoms with Crippen molar-refractivity contribution in [2.75, 3.05) is 0 Å². The number of hydrogen-bond donors (Lipinski definition) is 3. The highest BCUT2D eigenvalue weighted by molar-refractivity contribution is 5.88. The van der Waals surface area contributed by atoms with Gasteiger partial charge in [0.2, 0.25) is 0 Å². The summed E-state index contributed by atoms with van der Waals surface area (Å²) in [5.41, 5.74) is 0.320. The summed E-state index contributed by atoms with van der Waals surface area (Å²) in [6.45, 7) is 10.9. The van der Waals surface area contributed by atoms with Gasteiger partial charge in [-0.15, -0.1) is 0 Å². The standard InChI is InChI=1S/C27H44O7/c1-7-8-9-10-21-12-11-17(2)24(30)26(5,6)25(31)19(4)13-18(3)22-14-20(28)15-27(32,34-22)16-23(29)33-21/h11,13,19-22,24,28,30,32H,7-10,12,14-16H2,1-6H3/b17-11+,18-13+/t19-,20-,21+,22-,24+,27+/m0/s1. The van der Waals surface area contributed by atoms with Gasteiger partial charge < -0.3 is 24.8 Å². The van der Waals surface area contributed by atoms with Crippen molar-refractivity contribution in [1.82, 2.24) is 0 Å². The summed E-state index contributed by atoms with van der Waals surface area (Å²) in [4.78, 5) is 26.1. The van der Waals surface area contributed by atoms with Crippen LogP contribution in [0.5, 0.6) is 0 Å². The van der Waals surface area contributed by atoms with E-state index in [9.17, 15) is 24.9 Å². The molecule has 2 aliphatic rings. The third-order valence-electron chi connectivity index (χ3n) is 7.14. The lowest BCUT2D eigenvalue weighted by molar-refractivity contribution is -0.267. The summed E-state index contributed by atoms with van der Waals surface area (Å²) >= 11 is 0. The van der Waals surface area contributed by atoms with Crippen LogP contribution in [0.25, 0.3) is 0 Å². The number of hydrogen-bond acceptors (Lipinski definition) is 7. The van der Waals surface area contributed by atoms with Crippen LogP contribution in [0.3, 0.4) is 0 Å². The Bertz CT molecular complexity index is 784. The smallest absolute Gasteiger partial charge is 0.311 e. The quantitative estimate of drug-likeness (QED) is 0.317. The molecule has 0 spiro atoms. The van der Waals surface area contributed by atoms with Gasteiger partial charge in [-0.2, -0.15) is 0 Å². The second kappa shape index (κ2) is 11.9. The molecule has 0 aromatic carbocycles. The van der Waals surface area contributed by atoms with Crippen LogP contribution in [0.15, 0.2) is 23.3 Å². The number of aliphatic hydroxyl groups excluding tert-OH is 2. The maximum Gasteiger partial charge on any atom is 0.311 e. The van der Waals surface area contributed by atoms with Crippen molar-refractivity contribution in [3.8, 4) is 0 Å². The molecule has 34 heavy (non-hydrogen) atoms. The topological polar surface area (TPSA) is 113 Å². The van der Waals surface area contributed by atoms with Crippen LogP contribution >= 0.6 is 0 Å². The van der Waals surface area contributed by atoms with Gasteiger partial charge in [-0.25, -0.2) is 0 Å². The van der Waals surface area contributed by atoms with Gasteiger partial charge in [-0.3, -0.25) is 9.59 Å². The minimum Gasteiger partial charge on any atom is -0.462 e. The van der Waals surface area contributed by atoms with E-state index in [0.29, 0.717) is 24.0 Å². The second-order valence-electron chi connectivity index (χ2n) is 10.8. The molecule has 2 rings (SSSR count). The predicted octanol–water partition coefficient (Wildman–Crippen LogP) is 3.99. The van der Waals surface area contributed by atoms with Gasteiger partial charge in [0.25, 0.3) is 0 Å². The van der Waals surface area contributed by atoms with Gasteiger partial charge in [0.15, 0.2) is 5.79 Å². The van der Waals surface area contributed by atoms with E-state index in [1.807, 2.05) is 6.08 Å². The molecule has 0 saturated carbocycles. The number of Topliss-reactive ketones (excluding diaryl/α,β-unsaturated/α-hetero) is 1. The molecule has 6 atom stereocenters. The minimum atomic E-state index is -1.84. The summed E-state index contributed by atoms with van der Waals surface area (Å²) in [5, 5.41) is 32.5. The highest BCUT2D eigenvalue weighted by Crippen LogP contribution is 2.36. The molecule has 2 heterocycles. The van der Waals surface area contributed by atoms with Crippen LogP contribution < -0.4 is 0 Å². The number of carbonyl (C=O) groups is 2. The molecule has 0 unspecified atom stereocenters. The van der Waals surface area contributed by atoms with Crippen molar-refractivity contribution < 1.29 is 34.4 Å². The maximum absolute atomic E-state index is 13.3. The van der Waals surface area contributed by atoms with Crippen molar-refractivity contribution in [2.24, 2.45) is 11.3 Å². The van der Waals surface area contributed by atoms with Crippen molar-refractivity contribution in [3.63, 3.8) is 0 Å². The Morgan fingerprint density at radius 1 is 1.12 bits per heavy atom. The van der Waals surface area contributed by atoms with Gasteiger partial charge in [0.05, 0.1) is 30.1 Å². The van der Waals surface area contributed by atoms with E-state index in [1.54, 1.807) is 40.7 Å². The number of ether oxygens (including phenoxy) is 2. The van der Waals surface area contributed by atoms with Gasteiger partial charge in [-0.1, -0.05) is 52.7 Å². The highest BCUT2D eigenvalue weighted by atomic mass is 16.6. The van der Waals surface area contributed by atoms with Gasteiger partial charge in [-0.05, 0) is 37.8 Å². The van der Waals surface area contributed by atoms with Gasteiger partial charge in [0.1, 0.15) is 11.9 Å². The van der Waals surface area contributed by atoms with Crippen LogP contribution in [-0.2, 0) is 19.1 Å². The fourth-order valence-corrected chi connectivity index (χ4v) is 5.05. The lowest BCUT2D eigenvalue weighted by atomic mass is 9.74. The first-order chi connectivity index (χ1) is 15.8. The molecule has 0 amide bonds. The first kappa shape index (κ1) is 28.7. The average Bonchev–Trinajstić information content (AvgIpc) is 2.74. The van der Waals surface area contributed by atoms with Crippen LogP contribution in [0.2, 0.25) is 0 Å². The molecule has 7 nitrogen and oxygen atoms in total. The van der Waals surface area contributed by atoms with Crippen LogP contribution in [-0.4, -0.2) is 57.3 Å². The SMILES string of the molecule is CCCCC[C@@H]1C/C=C(\C)[C@@H](O)C(C)(C)C(=O)[C@@H](C)/C=C(\C)[C@@H]2C[C@H](O)C[C@](O)(CC(=O)O1)O2. The Morgan fingerprint density at radius 3 is 2.44 bits per heavy atom. The first-order valence-electron chi connectivity index (χ1n) is 12.6. The molecule has 3 N–H and O–H groups in total. The molecule has 194 valence electrons. The van der Waals surface area contributed by atoms with E-state index >= 15 is 0 Å². The van der Waals surface area contributed by atoms with Crippen molar-refractivity contribution in [2.45, 2.75) is 123 Å². The van der Waals surface area contributed by atoms with E-state index in [2.05, 4.69) is 6.92 Å². The zero-order valence-corrected chi connectivity index (χ0v) is 21.7. The summed E-state index contributed by atoms with van der Waals surface area (Å²) in [6.07, 6.45) is 4.49. The zero-order valence-electron chi connectivity index (χ0n) is 21.7. The fraction of sp³-hybridized carbons (Fsp3) is 0.778. The minimum absolute atomic E-state index is 0.0842. The number of fused-ring (bicyclic) bond motifs is 2. The Hall–Kier alpha value is -1.54. The van der Waals surface area contributed by atoms with E-state index < -0.39 is 47.5 Å². The Balaban J connectivity index is 2.43. The Morgan fingerprint density at radius 2 is 1.79 bits per heavy atom. The third-order valence-corrected chi connectivity index (χ3v) is 7.14. The van der Waals surface area contributed by atoms with Crippen molar-refractivity contribution in [1.29, 1.82) is 0 Å². The maximum atomic E-state index is 13.3. The number of rotatable bonds is 4. The lowest BCUT2D eigenvalue weighted by Crippen LogP contribution is -2.48. The fourth-order valence-electron chi connectivity index (χ4n) is 5.05. The molecular formula is C27H44O7. The molecule has 2 aliphatic heterocycles. The number of esters is 1. The third kappa shape index (κ3) is 7.48. The number of aliphatic hydroxyl groups is 3. The number of ketones is 1. The number of carbonyl (C=O) groups excluding carboxylic acids is 2. The lowest BCUT2D eigenvalue weighted by Gasteiger charge is -2.40. The molecule has 2 bridgehead atoms. The number of allylic oxidation sites excluding steroid dienone is 1. The molecular weight excluding hydrogens is 436 g/mol. The highest BCUT2D eigenvalue weighted by Gasteiger charge is 2.43. The average molecular weight is 481 g/mol. The van der Waals surface area contributed by atoms with Crippen molar-refractivity contribution >= 4 is 11.8 Å². The molecule has 0 radical (unpaired) electrons. The summed E-state index contributed by atoms with van der Waals surface area (Å²) in [6, 6.07) is 0. The Kier molecular flexibility index (Phi) is 10.1. The second-order valence-corrected chi connectivity index (χ2v) is 10.8. The number of unbranched alkanes of at least 4 members (excludes halogenated alkanes) is 2. The normalized spacial score (nSPS) is 38.9. The van der Waals surface area contributed by atoms with Crippen LogP contribution in [0.1, 0.15) is 92.9 Å². The first-order valence-corrected chi connectivity index (χ1v) is 12.6. The van der Waals surface area contributed by atoms with Crippen LogP contribution in [0, 0.1) is 11.3 Å². The zero-order chi connectivity index (χ0) is 25.7. The molecule has 1 fully saturated rings. The monoisotopic (exact) mass is 480 g/mol. The van der Waals surface area contributed by atoms with E-state index in [0.717, 1.165) is 19.3 Å². The Labute approximate surface area is 204 Å². The summed E-state index contributed by atoms with van der Waals surface area (Å²) < 4.78 is 11.6. The largest absolute Gasteiger partial charge is 0.462 e. The molecule has 1 saturated heterocycles. The summed E-state index contributed by atoms with van der Waals surface area (Å²) in [5.74, 6) is -3.04. The predicted molar refractivity (Wildman–Crippen MR) is 130 cm³/mol. The summed E-state index contributed by atoms with van der Waals surface area (Å²) in [7, 11) is 0. The molecule has 7 heteroatoms.